The highest BCUT2D eigenvalue weighted by Gasteiger charge is 2.17. The predicted octanol–water partition coefficient (Wildman–Crippen LogP) is 3.46. The summed E-state index contributed by atoms with van der Waals surface area (Å²) >= 11 is 1.17. The molecule has 1 amide bonds. The molecule has 0 atom stereocenters. The Hall–Kier alpha value is -2.84. The predicted molar refractivity (Wildman–Crippen MR) is 107 cm³/mol. The summed E-state index contributed by atoms with van der Waals surface area (Å²) in [6, 6.07) is 13.7. The number of rotatable bonds is 6. The van der Waals surface area contributed by atoms with Gasteiger partial charge in [-0.05, 0) is 35.4 Å². The fraction of sp³-hybridized carbons (Fsp3) is 0.286. The van der Waals surface area contributed by atoms with Crippen molar-refractivity contribution in [1.82, 2.24) is 14.3 Å². The number of hydrogen-bond donors (Lipinski definition) is 0. The van der Waals surface area contributed by atoms with Gasteiger partial charge in [0.25, 0.3) is 5.19 Å². The minimum atomic E-state index is -0.265. The normalized spacial score (nSPS) is 14.0. The molecule has 0 bridgehead atoms. The number of nitrogens with zero attached hydrogens (tertiary/aromatic N) is 3. The standard InChI is InChI=1S/C21H20FN3O3S/c22-17-5-1-15(2-6-17)13-19-23-21(29-24-19)28-18-7-3-16(4-8-18)14-20(26)25-9-11-27-12-10-25/h1-8H,9-14H2. The summed E-state index contributed by atoms with van der Waals surface area (Å²) in [4.78, 5) is 18.5. The molecular weight excluding hydrogens is 393 g/mol. The summed E-state index contributed by atoms with van der Waals surface area (Å²) in [5.74, 6) is 1.11. The third-order valence-corrected chi connectivity index (χ3v) is 5.21. The lowest BCUT2D eigenvalue weighted by Crippen LogP contribution is -2.41. The topological polar surface area (TPSA) is 64.5 Å². The number of carbonyl (C=O) groups excluding carboxylic acids is 1. The van der Waals surface area contributed by atoms with Crippen LogP contribution in [0, 0.1) is 5.82 Å². The average molecular weight is 413 g/mol. The molecule has 1 fully saturated rings. The Morgan fingerprint density at radius 2 is 1.76 bits per heavy atom. The van der Waals surface area contributed by atoms with E-state index in [0.717, 1.165) is 11.1 Å². The van der Waals surface area contributed by atoms with Crippen molar-refractivity contribution in [2.75, 3.05) is 26.3 Å². The Morgan fingerprint density at radius 1 is 1.07 bits per heavy atom. The van der Waals surface area contributed by atoms with E-state index in [1.807, 2.05) is 29.2 Å². The van der Waals surface area contributed by atoms with E-state index in [2.05, 4.69) is 9.36 Å². The molecule has 0 saturated carbocycles. The van der Waals surface area contributed by atoms with E-state index in [1.165, 1.54) is 23.7 Å². The molecule has 0 N–H and O–H groups in total. The fourth-order valence-electron chi connectivity index (χ4n) is 3.01. The van der Waals surface area contributed by atoms with Gasteiger partial charge in [-0.3, -0.25) is 4.79 Å². The van der Waals surface area contributed by atoms with Crippen molar-refractivity contribution in [3.63, 3.8) is 0 Å². The van der Waals surface area contributed by atoms with Crippen LogP contribution in [0.15, 0.2) is 48.5 Å². The van der Waals surface area contributed by atoms with Crippen LogP contribution in [0.25, 0.3) is 0 Å². The van der Waals surface area contributed by atoms with Crippen molar-refractivity contribution in [3.05, 3.63) is 71.3 Å². The Kier molecular flexibility index (Phi) is 6.12. The lowest BCUT2D eigenvalue weighted by atomic mass is 10.1. The lowest BCUT2D eigenvalue weighted by Gasteiger charge is -2.26. The second kappa shape index (κ2) is 9.11. The molecule has 2 heterocycles. The van der Waals surface area contributed by atoms with Crippen LogP contribution in [0.5, 0.6) is 10.9 Å². The van der Waals surface area contributed by atoms with Gasteiger partial charge in [-0.2, -0.15) is 9.36 Å². The molecule has 0 unspecified atom stereocenters. The van der Waals surface area contributed by atoms with Gasteiger partial charge in [0.2, 0.25) is 5.91 Å². The van der Waals surface area contributed by atoms with Crippen LogP contribution in [0.1, 0.15) is 17.0 Å². The molecule has 0 radical (unpaired) electrons. The minimum Gasteiger partial charge on any atom is -0.430 e. The molecule has 3 aromatic rings. The van der Waals surface area contributed by atoms with E-state index in [-0.39, 0.29) is 11.7 Å². The molecule has 29 heavy (non-hydrogen) atoms. The monoisotopic (exact) mass is 413 g/mol. The van der Waals surface area contributed by atoms with Crippen molar-refractivity contribution in [2.24, 2.45) is 0 Å². The van der Waals surface area contributed by atoms with Gasteiger partial charge in [-0.1, -0.05) is 24.3 Å². The second-order valence-electron chi connectivity index (χ2n) is 6.70. The van der Waals surface area contributed by atoms with Crippen molar-refractivity contribution >= 4 is 17.4 Å². The first-order valence-corrected chi connectivity index (χ1v) is 10.1. The van der Waals surface area contributed by atoms with Gasteiger partial charge >= 0.3 is 0 Å². The largest absolute Gasteiger partial charge is 0.430 e. The Balaban J connectivity index is 1.32. The first kappa shape index (κ1) is 19.5. The number of aromatic nitrogens is 2. The van der Waals surface area contributed by atoms with Crippen LogP contribution < -0.4 is 4.74 Å². The molecule has 1 aliphatic heterocycles. The zero-order valence-corrected chi connectivity index (χ0v) is 16.5. The summed E-state index contributed by atoms with van der Waals surface area (Å²) in [5, 5.41) is 0.444. The van der Waals surface area contributed by atoms with Crippen molar-refractivity contribution in [3.8, 4) is 10.9 Å². The molecule has 1 aromatic heterocycles. The number of halogens is 1. The molecule has 0 spiro atoms. The van der Waals surface area contributed by atoms with Crippen LogP contribution in [0.4, 0.5) is 4.39 Å². The van der Waals surface area contributed by atoms with Crippen molar-refractivity contribution in [2.45, 2.75) is 12.8 Å². The van der Waals surface area contributed by atoms with Gasteiger partial charge < -0.3 is 14.4 Å². The maximum absolute atomic E-state index is 13.0. The van der Waals surface area contributed by atoms with Gasteiger partial charge in [0.15, 0.2) is 5.82 Å². The van der Waals surface area contributed by atoms with E-state index in [0.29, 0.717) is 55.9 Å². The zero-order chi connectivity index (χ0) is 20.1. The highest BCUT2D eigenvalue weighted by atomic mass is 32.1. The first-order valence-electron chi connectivity index (χ1n) is 9.35. The maximum atomic E-state index is 13.0. The zero-order valence-electron chi connectivity index (χ0n) is 15.7. The minimum absolute atomic E-state index is 0.108. The first-order chi connectivity index (χ1) is 14.2. The van der Waals surface area contributed by atoms with Crippen molar-refractivity contribution < 1.29 is 18.7 Å². The van der Waals surface area contributed by atoms with E-state index < -0.39 is 0 Å². The quantitative estimate of drug-likeness (QED) is 0.619. The van der Waals surface area contributed by atoms with Gasteiger partial charge in [-0.15, -0.1) is 0 Å². The average Bonchev–Trinajstić information content (AvgIpc) is 3.18. The SMILES string of the molecule is O=C(Cc1ccc(Oc2nc(Cc3ccc(F)cc3)ns2)cc1)N1CCOCC1. The molecule has 1 saturated heterocycles. The van der Waals surface area contributed by atoms with Gasteiger partial charge in [-0.25, -0.2) is 4.39 Å². The molecular formula is C21H20FN3O3S. The number of hydrogen-bond acceptors (Lipinski definition) is 6. The van der Waals surface area contributed by atoms with Gasteiger partial charge in [0, 0.05) is 31.0 Å². The van der Waals surface area contributed by atoms with Crippen LogP contribution in [-0.2, 0) is 22.4 Å². The summed E-state index contributed by atoms with van der Waals surface area (Å²) in [6.45, 7) is 2.50. The molecule has 6 nitrogen and oxygen atoms in total. The third kappa shape index (κ3) is 5.36. The Morgan fingerprint density at radius 3 is 2.48 bits per heavy atom. The molecule has 8 heteroatoms. The number of morpholine rings is 1. The Labute approximate surface area is 172 Å². The van der Waals surface area contributed by atoms with E-state index in [4.69, 9.17) is 9.47 Å². The third-order valence-electron chi connectivity index (χ3n) is 4.57. The highest BCUT2D eigenvalue weighted by molar-refractivity contribution is 7.07. The molecule has 1 aliphatic rings. The van der Waals surface area contributed by atoms with Gasteiger partial charge in [0.1, 0.15) is 11.6 Å². The van der Waals surface area contributed by atoms with Gasteiger partial charge in [0.05, 0.1) is 19.6 Å². The van der Waals surface area contributed by atoms with Crippen LogP contribution >= 0.6 is 11.5 Å². The Bertz CT molecular complexity index is 954. The van der Waals surface area contributed by atoms with Crippen molar-refractivity contribution in [1.29, 1.82) is 0 Å². The molecule has 2 aromatic carbocycles. The summed E-state index contributed by atoms with van der Waals surface area (Å²) < 4.78 is 28.3. The molecule has 4 rings (SSSR count). The lowest BCUT2D eigenvalue weighted by molar-refractivity contribution is -0.134. The summed E-state index contributed by atoms with van der Waals surface area (Å²) in [5.41, 5.74) is 1.87. The van der Waals surface area contributed by atoms with Crippen LogP contribution in [0.2, 0.25) is 0 Å². The van der Waals surface area contributed by atoms with E-state index in [9.17, 15) is 9.18 Å². The summed E-state index contributed by atoms with van der Waals surface area (Å²) in [6.07, 6.45) is 0.879. The maximum Gasteiger partial charge on any atom is 0.298 e. The van der Waals surface area contributed by atoms with E-state index in [1.54, 1.807) is 12.1 Å². The summed E-state index contributed by atoms with van der Waals surface area (Å²) in [7, 11) is 0. The van der Waals surface area contributed by atoms with Crippen LogP contribution in [-0.4, -0.2) is 46.5 Å². The molecule has 150 valence electrons. The number of benzene rings is 2. The highest BCUT2D eigenvalue weighted by Crippen LogP contribution is 2.24. The number of carbonyl (C=O) groups is 1. The van der Waals surface area contributed by atoms with E-state index >= 15 is 0 Å². The fourth-order valence-corrected chi connectivity index (χ4v) is 3.58. The van der Waals surface area contributed by atoms with Crippen LogP contribution in [0.3, 0.4) is 0 Å². The number of amides is 1. The molecule has 0 aliphatic carbocycles. The smallest absolute Gasteiger partial charge is 0.298 e. The second-order valence-corrected chi connectivity index (χ2v) is 7.41. The number of ether oxygens (including phenoxy) is 2.